The molecule has 0 saturated heterocycles. The van der Waals surface area contributed by atoms with Crippen molar-refractivity contribution in [1.29, 1.82) is 5.41 Å². The number of alkyl halides is 3. The molecule has 3 rings (SSSR count). The Morgan fingerprint density at radius 1 is 1.18 bits per heavy atom. The third-order valence-electron chi connectivity index (χ3n) is 3.78. The molecule has 1 aliphatic rings. The number of aryl methyl sites for hydroxylation is 1. The number of rotatable bonds is 2. The molecule has 22 heavy (non-hydrogen) atoms. The maximum absolute atomic E-state index is 12.8. The molecule has 1 heterocycles. The molecule has 120 valence electrons. The molecule has 1 aromatic carbocycles. The van der Waals surface area contributed by atoms with Gasteiger partial charge in [0.2, 0.25) is 0 Å². The van der Waals surface area contributed by atoms with Crippen LogP contribution in [0.3, 0.4) is 0 Å². The molecule has 7 heteroatoms. The second-order valence-electron chi connectivity index (χ2n) is 5.27. The zero-order chi connectivity index (χ0) is 15.0. The topological polar surface area (TPSA) is 28.8 Å². The molecule has 0 spiro atoms. The van der Waals surface area contributed by atoms with Crippen LogP contribution in [0.1, 0.15) is 34.5 Å². The Bertz CT molecular complexity index is 718. The molecule has 1 aromatic heterocycles. The maximum atomic E-state index is 12.8. The minimum absolute atomic E-state index is 0. The second kappa shape index (κ2) is 6.58. The van der Waals surface area contributed by atoms with Crippen molar-refractivity contribution in [2.45, 2.75) is 38.4 Å². The standard InChI is InChI=1S/C15H15F3N2S.BrH/c16-15(17,18)11-5-3-4-10(8-11)9-20-12-6-1-2-7-13(12)21-14(20)19;/h3-5,8,19H,1-2,6-7,9H2;1H. The first-order chi connectivity index (χ1) is 9.95. The summed E-state index contributed by atoms with van der Waals surface area (Å²) < 4.78 is 40.1. The number of benzene rings is 1. The second-order valence-corrected chi connectivity index (χ2v) is 6.35. The molecular weight excluding hydrogens is 377 g/mol. The van der Waals surface area contributed by atoms with Gasteiger partial charge in [-0.05, 0) is 43.4 Å². The van der Waals surface area contributed by atoms with Crippen molar-refractivity contribution >= 4 is 28.3 Å². The van der Waals surface area contributed by atoms with Gasteiger partial charge in [-0.3, -0.25) is 5.41 Å². The SMILES string of the molecule is Br.N=c1sc2c(n1Cc1cccc(C(F)(F)F)c1)CCCC2. The number of hydrogen-bond acceptors (Lipinski definition) is 2. The minimum atomic E-state index is -4.32. The third kappa shape index (κ3) is 3.46. The van der Waals surface area contributed by atoms with Gasteiger partial charge in [-0.2, -0.15) is 13.2 Å². The van der Waals surface area contributed by atoms with Crippen LogP contribution in [0, 0.1) is 5.41 Å². The van der Waals surface area contributed by atoms with E-state index in [-0.39, 0.29) is 17.0 Å². The van der Waals surface area contributed by atoms with Crippen LogP contribution >= 0.6 is 28.3 Å². The number of hydrogen-bond donors (Lipinski definition) is 1. The van der Waals surface area contributed by atoms with Crippen LogP contribution in [0.2, 0.25) is 0 Å². The van der Waals surface area contributed by atoms with Gasteiger partial charge in [0.1, 0.15) is 0 Å². The van der Waals surface area contributed by atoms with Gasteiger partial charge < -0.3 is 4.57 Å². The average molecular weight is 393 g/mol. The van der Waals surface area contributed by atoms with Crippen molar-refractivity contribution in [2.75, 3.05) is 0 Å². The summed E-state index contributed by atoms with van der Waals surface area (Å²) in [6.45, 7) is 0.342. The van der Waals surface area contributed by atoms with Crippen LogP contribution in [-0.4, -0.2) is 4.57 Å². The summed E-state index contributed by atoms with van der Waals surface area (Å²) in [7, 11) is 0. The van der Waals surface area contributed by atoms with Gasteiger partial charge in [-0.25, -0.2) is 0 Å². The number of nitrogens with one attached hydrogen (secondary N) is 1. The molecule has 0 unspecified atom stereocenters. The first-order valence-corrected chi connectivity index (χ1v) is 7.69. The van der Waals surface area contributed by atoms with Crippen LogP contribution in [0.5, 0.6) is 0 Å². The molecule has 1 N–H and O–H groups in total. The van der Waals surface area contributed by atoms with Crippen LogP contribution in [0.15, 0.2) is 24.3 Å². The lowest BCUT2D eigenvalue weighted by molar-refractivity contribution is -0.137. The Hall–Kier alpha value is -1.08. The zero-order valence-electron chi connectivity index (χ0n) is 11.7. The molecule has 2 nitrogen and oxygen atoms in total. The van der Waals surface area contributed by atoms with Gasteiger partial charge in [0.05, 0.1) is 12.1 Å². The summed E-state index contributed by atoms with van der Waals surface area (Å²) >= 11 is 1.45. The number of fused-ring (bicyclic) bond motifs is 1. The molecule has 0 radical (unpaired) electrons. The predicted molar refractivity (Wildman–Crippen MR) is 85.7 cm³/mol. The van der Waals surface area contributed by atoms with Crippen molar-refractivity contribution in [3.63, 3.8) is 0 Å². The van der Waals surface area contributed by atoms with Crippen LogP contribution in [-0.2, 0) is 25.6 Å². The van der Waals surface area contributed by atoms with Crippen molar-refractivity contribution in [2.24, 2.45) is 0 Å². The van der Waals surface area contributed by atoms with E-state index in [1.807, 2.05) is 4.57 Å². The summed E-state index contributed by atoms with van der Waals surface area (Å²) in [5.74, 6) is 0. The van der Waals surface area contributed by atoms with Gasteiger partial charge >= 0.3 is 6.18 Å². The normalized spacial score (nSPS) is 14.3. The summed E-state index contributed by atoms with van der Waals surface area (Å²) in [6.07, 6.45) is -0.189. The Kier molecular flexibility index (Phi) is 5.17. The van der Waals surface area contributed by atoms with Crippen molar-refractivity contribution in [3.05, 3.63) is 50.8 Å². The van der Waals surface area contributed by atoms with E-state index in [9.17, 15) is 13.2 Å². The molecule has 0 aliphatic heterocycles. The average Bonchev–Trinajstić information content (AvgIpc) is 2.75. The van der Waals surface area contributed by atoms with E-state index in [4.69, 9.17) is 5.41 Å². The lowest BCUT2D eigenvalue weighted by atomic mass is 10.0. The Morgan fingerprint density at radius 2 is 1.91 bits per heavy atom. The third-order valence-corrected chi connectivity index (χ3v) is 4.88. The van der Waals surface area contributed by atoms with Gasteiger partial charge in [0, 0.05) is 10.6 Å². The van der Waals surface area contributed by atoms with E-state index in [0.29, 0.717) is 16.9 Å². The molecular formula is C15H16BrF3N2S. The molecule has 0 saturated carbocycles. The van der Waals surface area contributed by atoms with E-state index in [1.165, 1.54) is 28.3 Å². The molecule has 0 atom stereocenters. The summed E-state index contributed by atoms with van der Waals surface area (Å²) in [5.41, 5.74) is 1.10. The van der Waals surface area contributed by atoms with E-state index in [1.54, 1.807) is 6.07 Å². The molecule has 1 aliphatic carbocycles. The number of aromatic nitrogens is 1. The molecule has 0 fully saturated rings. The number of nitrogens with zero attached hydrogens (tertiary/aromatic N) is 1. The molecule has 2 aromatic rings. The monoisotopic (exact) mass is 392 g/mol. The molecule has 0 amide bonds. The largest absolute Gasteiger partial charge is 0.416 e. The minimum Gasteiger partial charge on any atom is -0.317 e. The molecule has 0 bridgehead atoms. The first-order valence-electron chi connectivity index (χ1n) is 6.87. The quantitative estimate of drug-likeness (QED) is 0.776. The Morgan fingerprint density at radius 3 is 2.64 bits per heavy atom. The first kappa shape index (κ1) is 17.3. The van der Waals surface area contributed by atoms with Gasteiger partial charge in [-0.15, -0.1) is 28.3 Å². The van der Waals surface area contributed by atoms with E-state index >= 15 is 0 Å². The fourth-order valence-electron chi connectivity index (χ4n) is 2.75. The van der Waals surface area contributed by atoms with Gasteiger partial charge in [-0.1, -0.05) is 12.1 Å². The van der Waals surface area contributed by atoms with Gasteiger partial charge in [0.25, 0.3) is 0 Å². The lowest BCUT2D eigenvalue weighted by Crippen LogP contribution is -2.18. The highest BCUT2D eigenvalue weighted by atomic mass is 79.9. The summed E-state index contributed by atoms with van der Waals surface area (Å²) in [4.78, 5) is 1.65. The van der Waals surface area contributed by atoms with Crippen LogP contribution in [0.4, 0.5) is 13.2 Å². The van der Waals surface area contributed by atoms with Crippen LogP contribution in [0.25, 0.3) is 0 Å². The van der Waals surface area contributed by atoms with Gasteiger partial charge in [0.15, 0.2) is 4.80 Å². The van der Waals surface area contributed by atoms with E-state index in [0.717, 1.165) is 37.4 Å². The highest BCUT2D eigenvalue weighted by Crippen LogP contribution is 2.30. The highest BCUT2D eigenvalue weighted by Gasteiger charge is 2.30. The number of halogens is 4. The zero-order valence-corrected chi connectivity index (χ0v) is 14.3. The highest BCUT2D eigenvalue weighted by molar-refractivity contribution is 8.93. The van der Waals surface area contributed by atoms with E-state index < -0.39 is 11.7 Å². The predicted octanol–water partition coefficient (Wildman–Crippen LogP) is 4.55. The Labute approximate surface area is 140 Å². The van der Waals surface area contributed by atoms with Crippen molar-refractivity contribution < 1.29 is 13.2 Å². The van der Waals surface area contributed by atoms with Crippen LogP contribution < -0.4 is 4.80 Å². The summed E-state index contributed by atoms with van der Waals surface area (Å²) in [5, 5.41) is 8.05. The maximum Gasteiger partial charge on any atom is 0.416 e. The fourth-order valence-corrected chi connectivity index (χ4v) is 3.84. The lowest BCUT2D eigenvalue weighted by Gasteiger charge is -2.15. The van der Waals surface area contributed by atoms with Crippen molar-refractivity contribution in [1.82, 2.24) is 4.57 Å². The fraction of sp³-hybridized carbons (Fsp3) is 0.400. The Balaban J connectivity index is 0.00000176. The number of thiazole rings is 1. The summed E-state index contributed by atoms with van der Waals surface area (Å²) in [6, 6.07) is 5.38. The van der Waals surface area contributed by atoms with Crippen molar-refractivity contribution in [3.8, 4) is 0 Å². The smallest absolute Gasteiger partial charge is 0.317 e. The van der Waals surface area contributed by atoms with E-state index in [2.05, 4.69) is 0 Å².